The van der Waals surface area contributed by atoms with Crippen molar-refractivity contribution in [3.05, 3.63) is 71.3 Å². The highest BCUT2D eigenvalue weighted by Gasteiger charge is 2.45. The van der Waals surface area contributed by atoms with Crippen LogP contribution in [0.1, 0.15) is 98.2 Å². The minimum Gasteiger partial charge on any atom is -0.481 e. The van der Waals surface area contributed by atoms with Gasteiger partial charge in [-0.15, -0.1) is 0 Å². The van der Waals surface area contributed by atoms with Gasteiger partial charge in [-0.25, -0.2) is 4.79 Å². The van der Waals surface area contributed by atoms with Crippen LogP contribution >= 0.6 is 0 Å². The Hall–Kier alpha value is -3.39. The number of nitrogens with one attached hydrogen (secondary N) is 1. The molecule has 2 saturated carbocycles. The van der Waals surface area contributed by atoms with Crippen molar-refractivity contribution in [1.29, 1.82) is 0 Å². The van der Waals surface area contributed by atoms with Crippen molar-refractivity contribution in [3.63, 3.8) is 0 Å². The second kappa shape index (κ2) is 13.5. The number of urea groups is 1. The molecule has 3 amide bonds. The molecule has 2 aromatic carbocycles. The Morgan fingerprint density at radius 2 is 1.47 bits per heavy atom. The molecule has 43 heavy (non-hydrogen) atoms. The van der Waals surface area contributed by atoms with Crippen molar-refractivity contribution >= 4 is 17.9 Å². The van der Waals surface area contributed by atoms with Crippen LogP contribution in [0.3, 0.4) is 0 Å². The van der Waals surface area contributed by atoms with Crippen LogP contribution in [0.4, 0.5) is 4.79 Å². The number of amides is 3. The maximum absolute atomic E-state index is 13.9. The molecule has 8 heteroatoms. The summed E-state index contributed by atoms with van der Waals surface area (Å²) in [4.78, 5) is 44.8. The van der Waals surface area contributed by atoms with E-state index in [-0.39, 0.29) is 36.0 Å². The van der Waals surface area contributed by atoms with E-state index in [2.05, 4.69) is 50.3 Å². The lowest BCUT2D eigenvalue weighted by atomic mass is 9.86. The number of hydrogen-bond donors (Lipinski definition) is 2. The van der Waals surface area contributed by atoms with E-state index >= 15 is 0 Å². The average molecular weight is 587 g/mol. The van der Waals surface area contributed by atoms with Crippen molar-refractivity contribution in [1.82, 2.24) is 20.0 Å². The number of benzene rings is 2. The lowest BCUT2D eigenvalue weighted by Crippen LogP contribution is -2.48. The Morgan fingerprint density at radius 3 is 2.12 bits per heavy atom. The number of likely N-dealkylation sites (tertiary alicyclic amines) is 1. The summed E-state index contributed by atoms with van der Waals surface area (Å²) in [5.74, 6) is -1.10. The number of aliphatic carboxylic acids is 1. The molecule has 2 heterocycles. The van der Waals surface area contributed by atoms with E-state index in [9.17, 15) is 19.5 Å². The first-order valence-electron chi connectivity index (χ1n) is 16.4. The largest absolute Gasteiger partial charge is 0.481 e. The number of piperidine rings is 1. The van der Waals surface area contributed by atoms with Crippen LogP contribution in [0.2, 0.25) is 0 Å². The maximum atomic E-state index is 13.9. The highest BCUT2D eigenvalue weighted by atomic mass is 16.4. The van der Waals surface area contributed by atoms with Crippen LogP contribution in [0.5, 0.6) is 0 Å². The second-order valence-electron chi connectivity index (χ2n) is 13.1. The molecule has 230 valence electrons. The normalized spacial score (nSPS) is 26.0. The third-order valence-electron chi connectivity index (χ3n) is 10.4. The predicted molar refractivity (Wildman–Crippen MR) is 166 cm³/mol. The number of hydrogen-bond acceptors (Lipinski definition) is 4. The number of carboxylic acids is 1. The van der Waals surface area contributed by atoms with E-state index in [1.807, 2.05) is 24.3 Å². The summed E-state index contributed by atoms with van der Waals surface area (Å²) in [5, 5.41) is 12.3. The Kier molecular flexibility index (Phi) is 9.31. The molecule has 8 nitrogen and oxygen atoms in total. The summed E-state index contributed by atoms with van der Waals surface area (Å²) >= 11 is 0. The number of rotatable bonds is 8. The maximum Gasteiger partial charge on any atom is 0.321 e. The Morgan fingerprint density at radius 1 is 0.791 bits per heavy atom. The van der Waals surface area contributed by atoms with Crippen LogP contribution in [0.15, 0.2) is 54.6 Å². The molecule has 2 saturated heterocycles. The summed E-state index contributed by atoms with van der Waals surface area (Å²) in [7, 11) is 0. The minimum absolute atomic E-state index is 0.0443. The zero-order valence-corrected chi connectivity index (χ0v) is 25.2. The first-order chi connectivity index (χ1) is 21.0. The van der Waals surface area contributed by atoms with Gasteiger partial charge >= 0.3 is 12.0 Å². The molecule has 0 spiro atoms. The van der Waals surface area contributed by atoms with Gasteiger partial charge in [0.25, 0.3) is 5.91 Å². The average Bonchev–Trinajstić information content (AvgIpc) is 3.39. The van der Waals surface area contributed by atoms with Crippen molar-refractivity contribution in [3.8, 4) is 0 Å². The Labute approximate surface area is 255 Å². The fourth-order valence-electron chi connectivity index (χ4n) is 7.81. The second-order valence-corrected chi connectivity index (χ2v) is 13.1. The summed E-state index contributed by atoms with van der Waals surface area (Å²) in [6.45, 7) is 3.52. The molecule has 2 aliphatic carbocycles. The molecular weight excluding hydrogens is 540 g/mol. The first kappa shape index (κ1) is 29.7. The van der Waals surface area contributed by atoms with Crippen molar-refractivity contribution in [2.45, 2.75) is 101 Å². The zero-order valence-electron chi connectivity index (χ0n) is 25.2. The molecule has 0 unspecified atom stereocenters. The summed E-state index contributed by atoms with van der Waals surface area (Å²) in [5.41, 5.74) is 3.07. The molecule has 6 rings (SSSR count). The first-order valence-corrected chi connectivity index (χ1v) is 16.4. The van der Waals surface area contributed by atoms with Crippen molar-refractivity contribution in [2.75, 3.05) is 19.6 Å². The standard InChI is InChI=1S/C35H46N4O4/c40-33(36-29-17-15-28(16-18-29)34(41)42)27-13-11-25(12-14-27)23-37-21-19-31(20-22-37)39-32(26-7-3-1-4-8-26)24-38(35(39)43)30-9-5-2-6-10-30/h1,3-4,7-8,11-14,28-32H,2,5-6,9-10,15-24H2,(H,36,40)(H,41,42)/t28?,29?,32-/m0/s1. The minimum atomic E-state index is -0.730. The molecular formula is C35H46N4O4. The summed E-state index contributed by atoms with van der Waals surface area (Å²) in [6, 6.07) is 19.5. The zero-order chi connectivity index (χ0) is 29.8. The van der Waals surface area contributed by atoms with Gasteiger partial charge in [-0.1, -0.05) is 61.7 Å². The van der Waals surface area contributed by atoms with Gasteiger partial charge in [0.15, 0.2) is 0 Å². The highest BCUT2D eigenvalue weighted by Crippen LogP contribution is 2.38. The van der Waals surface area contributed by atoms with Gasteiger partial charge in [0.1, 0.15) is 0 Å². The van der Waals surface area contributed by atoms with Crippen LogP contribution in [-0.2, 0) is 11.3 Å². The van der Waals surface area contributed by atoms with Gasteiger partial charge in [0.05, 0.1) is 12.0 Å². The van der Waals surface area contributed by atoms with E-state index in [1.54, 1.807) is 0 Å². The van der Waals surface area contributed by atoms with E-state index in [0.29, 0.717) is 37.3 Å². The number of nitrogens with zero attached hydrogens (tertiary/aromatic N) is 3. The van der Waals surface area contributed by atoms with Gasteiger partial charge in [-0.2, -0.15) is 0 Å². The molecule has 0 bridgehead atoms. The van der Waals surface area contributed by atoms with Crippen LogP contribution in [0, 0.1) is 5.92 Å². The fraction of sp³-hybridized carbons (Fsp3) is 0.571. The molecule has 2 aromatic rings. The topological polar surface area (TPSA) is 93.2 Å². The molecule has 2 aliphatic heterocycles. The molecule has 4 aliphatic rings. The van der Waals surface area contributed by atoms with E-state index in [0.717, 1.165) is 51.9 Å². The van der Waals surface area contributed by atoms with Crippen molar-refractivity contribution < 1.29 is 19.5 Å². The third kappa shape index (κ3) is 6.90. The quantitative estimate of drug-likeness (QED) is 0.406. The number of carboxylic acid groups (broad SMARTS) is 1. The molecule has 2 N–H and O–H groups in total. The van der Waals surface area contributed by atoms with Gasteiger partial charge in [-0.05, 0) is 74.6 Å². The van der Waals surface area contributed by atoms with Gasteiger partial charge < -0.3 is 20.2 Å². The lowest BCUT2D eigenvalue weighted by molar-refractivity contribution is -0.142. The fourth-order valence-corrected chi connectivity index (χ4v) is 7.81. The van der Waals surface area contributed by atoms with E-state index < -0.39 is 5.97 Å². The Bertz CT molecular complexity index is 1250. The smallest absolute Gasteiger partial charge is 0.321 e. The van der Waals surface area contributed by atoms with Gasteiger partial charge in [0.2, 0.25) is 0 Å². The molecule has 0 radical (unpaired) electrons. The summed E-state index contributed by atoms with van der Waals surface area (Å²) < 4.78 is 0. The van der Waals surface area contributed by atoms with E-state index in [4.69, 9.17) is 0 Å². The summed E-state index contributed by atoms with van der Waals surface area (Å²) in [6.07, 6.45) is 10.6. The van der Waals surface area contributed by atoms with Crippen LogP contribution in [-0.4, -0.2) is 75.5 Å². The number of carbonyl (C=O) groups excluding carboxylic acids is 2. The molecule has 0 aromatic heterocycles. The Balaban J connectivity index is 1.02. The van der Waals surface area contributed by atoms with E-state index in [1.165, 1.54) is 30.4 Å². The van der Waals surface area contributed by atoms with Crippen LogP contribution in [0.25, 0.3) is 0 Å². The predicted octanol–water partition coefficient (Wildman–Crippen LogP) is 5.84. The lowest BCUT2D eigenvalue weighted by Gasteiger charge is -2.39. The van der Waals surface area contributed by atoms with Crippen LogP contribution < -0.4 is 5.32 Å². The SMILES string of the molecule is O=C(NC1CCC(C(=O)O)CC1)c1ccc(CN2CCC(N3C(=O)N(C4CCCCC4)C[C@H]3c3ccccc3)CC2)cc1. The van der Waals surface area contributed by atoms with Gasteiger partial charge in [-0.3, -0.25) is 14.5 Å². The highest BCUT2D eigenvalue weighted by molar-refractivity contribution is 5.94. The van der Waals surface area contributed by atoms with Gasteiger partial charge in [0, 0.05) is 49.9 Å². The molecule has 4 fully saturated rings. The monoisotopic (exact) mass is 586 g/mol. The number of carbonyl (C=O) groups is 3. The molecule has 1 atom stereocenters. The van der Waals surface area contributed by atoms with Crippen molar-refractivity contribution in [2.24, 2.45) is 5.92 Å². The third-order valence-corrected chi connectivity index (χ3v) is 10.4.